The number of ether oxygens (including phenoxy) is 1. The fourth-order valence-electron chi connectivity index (χ4n) is 1.40. The minimum absolute atomic E-state index is 0.0660. The van der Waals surface area contributed by atoms with Gasteiger partial charge in [-0.15, -0.1) is 16.2 Å². The highest BCUT2D eigenvalue weighted by molar-refractivity contribution is 7.89. The molecule has 116 valence electrons. The smallest absolute Gasteiger partial charge is 0.349 e. The van der Waals surface area contributed by atoms with E-state index >= 15 is 0 Å². The van der Waals surface area contributed by atoms with Crippen molar-refractivity contribution < 1.29 is 22.7 Å². The first kappa shape index (κ1) is 16.0. The van der Waals surface area contributed by atoms with Crippen LogP contribution in [-0.4, -0.2) is 37.4 Å². The number of rotatable bonds is 5. The van der Waals surface area contributed by atoms with Gasteiger partial charge in [0.25, 0.3) is 15.9 Å². The van der Waals surface area contributed by atoms with E-state index in [1.54, 1.807) is 0 Å². The number of nitrogens with one attached hydrogen (secondary N) is 2. The summed E-state index contributed by atoms with van der Waals surface area (Å²) in [4.78, 5) is 32.1. The van der Waals surface area contributed by atoms with E-state index < -0.39 is 21.9 Å². The Kier molecular flexibility index (Phi) is 4.80. The van der Waals surface area contributed by atoms with Crippen LogP contribution in [0.1, 0.15) is 20.2 Å². The van der Waals surface area contributed by atoms with E-state index in [4.69, 9.17) is 0 Å². The molecule has 11 heteroatoms. The maximum Gasteiger partial charge on any atom is 0.349 e. The van der Waals surface area contributed by atoms with Crippen molar-refractivity contribution in [2.75, 3.05) is 7.11 Å². The predicted molar refractivity (Wildman–Crippen MR) is 75.5 cm³/mol. The zero-order chi connectivity index (χ0) is 16.2. The molecule has 0 aliphatic rings. The molecular weight excluding hydrogens is 332 g/mol. The van der Waals surface area contributed by atoms with Crippen LogP contribution in [0.25, 0.3) is 0 Å². The topological polar surface area (TPSA) is 127 Å². The number of methoxy groups -OCH3 is 1. The van der Waals surface area contributed by atoms with Gasteiger partial charge in [0.05, 0.1) is 13.3 Å². The molecule has 0 saturated carbocycles. The Bertz CT molecular complexity index is 788. The summed E-state index contributed by atoms with van der Waals surface area (Å²) in [7, 11) is -2.99. The zero-order valence-corrected chi connectivity index (χ0v) is 12.8. The molecule has 0 saturated heterocycles. The van der Waals surface area contributed by atoms with Crippen LogP contribution in [0.3, 0.4) is 0 Å². The van der Waals surface area contributed by atoms with Crippen LogP contribution < -0.4 is 10.3 Å². The van der Waals surface area contributed by atoms with E-state index in [2.05, 4.69) is 14.7 Å². The molecule has 0 atom stereocenters. The summed E-state index contributed by atoms with van der Waals surface area (Å²) in [6.07, 6.45) is 3.83. The Hall–Kier alpha value is -2.37. The fraction of sp³-hybridized carbons (Fsp3) is 0.0909. The van der Waals surface area contributed by atoms with E-state index in [0.717, 1.165) is 18.4 Å². The number of hydrogen-bond acceptors (Lipinski definition) is 8. The second-order valence-corrected chi connectivity index (χ2v) is 6.32. The zero-order valence-electron chi connectivity index (χ0n) is 11.1. The molecule has 2 heterocycles. The number of hydrazine groups is 1. The Labute approximate surface area is 129 Å². The molecule has 2 rings (SSSR count). The molecule has 0 unspecified atom stereocenters. The van der Waals surface area contributed by atoms with E-state index in [0.29, 0.717) is 0 Å². The normalized spacial score (nSPS) is 11.0. The molecule has 0 radical (unpaired) electrons. The molecule has 0 spiro atoms. The van der Waals surface area contributed by atoms with Crippen LogP contribution in [-0.2, 0) is 14.8 Å². The summed E-state index contributed by atoms with van der Waals surface area (Å²) >= 11 is 0.911. The van der Waals surface area contributed by atoms with Gasteiger partial charge in [-0.25, -0.2) is 18.2 Å². The molecule has 0 aliphatic carbocycles. The van der Waals surface area contributed by atoms with Gasteiger partial charge in [-0.05, 0) is 11.4 Å². The van der Waals surface area contributed by atoms with Gasteiger partial charge in [-0.3, -0.25) is 15.2 Å². The van der Waals surface area contributed by atoms with Gasteiger partial charge >= 0.3 is 5.97 Å². The van der Waals surface area contributed by atoms with Crippen molar-refractivity contribution in [3.63, 3.8) is 0 Å². The minimum atomic E-state index is -4.13. The number of aromatic nitrogens is 2. The van der Waals surface area contributed by atoms with Crippen LogP contribution >= 0.6 is 11.3 Å². The molecule has 0 fully saturated rings. The highest BCUT2D eigenvalue weighted by Crippen LogP contribution is 2.22. The van der Waals surface area contributed by atoms with E-state index in [9.17, 15) is 18.0 Å². The first-order valence-electron chi connectivity index (χ1n) is 5.69. The maximum absolute atomic E-state index is 12.1. The van der Waals surface area contributed by atoms with Gasteiger partial charge in [-0.1, -0.05) is 0 Å². The number of nitrogens with zero attached hydrogens (tertiary/aromatic N) is 2. The average Bonchev–Trinajstić information content (AvgIpc) is 3.03. The van der Waals surface area contributed by atoms with Gasteiger partial charge < -0.3 is 4.74 Å². The largest absolute Gasteiger partial charge is 0.465 e. The molecule has 0 aromatic carbocycles. The van der Waals surface area contributed by atoms with Gasteiger partial charge in [0, 0.05) is 12.4 Å². The Morgan fingerprint density at radius 3 is 2.73 bits per heavy atom. The van der Waals surface area contributed by atoms with Crippen molar-refractivity contribution >= 4 is 33.2 Å². The number of sulfonamides is 1. The third-order valence-corrected chi connectivity index (χ3v) is 4.70. The van der Waals surface area contributed by atoms with Gasteiger partial charge in [0.1, 0.15) is 15.5 Å². The SMILES string of the molecule is COC(=O)c1sccc1S(=O)(=O)NNC(=O)c1cnccn1. The van der Waals surface area contributed by atoms with E-state index in [1.165, 1.54) is 30.0 Å². The number of esters is 1. The summed E-state index contributed by atoms with van der Waals surface area (Å²) in [5.74, 6) is -1.57. The van der Waals surface area contributed by atoms with Crippen LogP contribution in [0, 0.1) is 0 Å². The number of carbonyl (C=O) groups is 2. The summed E-state index contributed by atoms with van der Waals surface area (Å²) < 4.78 is 28.7. The molecule has 2 aromatic rings. The predicted octanol–water partition coefficient (Wildman–Crippen LogP) is -0.0520. The summed E-state index contributed by atoms with van der Waals surface area (Å²) in [6.45, 7) is 0. The number of thiophene rings is 1. The van der Waals surface area contributed by atoms with Gasteiger partial charge in [-0.2, -0.15) is 0 Å². The van der Waals surface area contributed by atoms with Crippen LogP contribution in [0.4, 0.5) is 0 Å². The van der Waals surface area contributed by atoms with Crippen molar-refractivity contribution in [1.82, 2.24) is 20.2 Å². The molecule has 2 aromatic heterocycles. The lowest BCUT2D eigenvalue weighted by atomic mass is 10.4. The molecule has 0 aliphatic heterocycles. The van der Waals surface area contributed by atoms with Crippen LogP contribution in [0.15, 0.2) is 34.9 Å². The van der Waals surface area contributed by atoms with Crippen molar-refractivity contribution in [2.24, 2.45) is 0 Å². The van der Waals surface area contributed by atoms with Crippen LogP contribution in [0.2, 0.25) is 0 Å². The van der Waals surface area contributed by atoms with Crippen molar-refractivity contribution in [3.8, 4) is 0 Å². The van der Waals surface area contributed by atoms with E-state index in [-0.39, 0.29) is 15.5 Å². The number of carbonyl (C=O) groups excluding carboxylic acids is 2. The standard InChI is InChI=1S/C11H10N4O5S2/c1-20-11(17)9-8(2-5-21-9)22(18,19)15-14-10(16)7-6-12-3-4-13-7/h2-6,15H,1H3,(H,14,16). The second kappa shape index (κ2) is 6.60. The number of amides is 1. The molecular formula is C11H10N4O5S2. The third kappa shape index (κ3) is 3.44. The molecule has 0 bridgehead atoms. The summed E-state index contributed by atoms with van der Waals surface area (Å²) in [5.41, 5.74) is 1.92. The maximum atomic E-state index is 12.1. The van der Waals surface area contributed by atoms with Crippen molar-refractivity contribution in [2.45, 2.75) is 4.90 Å². The molecule has 22 heavy (non-hydrogen) atoms. The van der Waals surface area contributed by atoms with Crippen molar-refractivity contribution in [1.29, 1.82) is 0 Å². The lowest BCUT2D eigenvalue weighted by molar-refractivity contribution is 0.0602. The lowest BCUT2D eigenvalue weighted by Crippen LogP contribution is -2.42. The van der Waals surface area contributed by atoms with Gasteiger partial charge in [0.15, 0.2) is 0 Å². The second-order valence-electron chi connectivity index (χ2n) is 3.76. The Morgan fingerprint density at radius 1 is 1.32 bits per heavy atom. The first-order chi connectivity index (χ1) is 10.5. The highest BCUT2D eigenvalue weighted by Gasteiger charge is 2.25. The quantitative estimate of drug-likeness (QED) is 0.576. The molecule has 2 N–H and O–H groups in total. The first-order valence-corrected chi connectivity index (χ1v) is 8.06. The van der Waals surface area contributed by atoms with Crippen LogP contribution in [0.5, 0.6) is 0 Å². The summed E-state index contributed by atoms with van der Waals surface area (Å²) in [6, 6.07) is 1.23. The van der Waals surface area contributed by atoms with E-state index in [1.807, 2.05) is 10.3 Å². The van der Waals surface area contributed by atoms with Gasteiger partial charge in [0.2, 0.25) is 0 Å². The minimum Gasteiger partial charge on any atom is -0.465 e. The van der Waals surface area contributed by atoms with Crippen molar-refractivity contribution in [3.05, 3.63) is 40.6 Å². The highest BCUT2D eigenvalue weighted by atomic mass is 32.2. The molecule has 1 amide bonds. The number of hydrogen-bond donors (Lipinski definition) is 2. The monoisotopic (exact) mass is 342 g/mol. The fourth-order valence-corrected chi connectivity index (χ4v) is 3.57. The Morgan fingerprint density at radius 2 is 2.09 bits per heavy atom. The lowest BCUT2D eigenvalue weighted by Gasteiger charge is -2.08. The molecule has 9 nitrogen and oxygen atoms in total. The summed E-state index contributed by atoms with van der Waals surface area (Å²) in [5, 5.41) is 1.42. The average molecular weight is 342 g/mol. The third-order valence-electron chi connectivity index (χ3n) is 2.38. The Balaban J connectivity index is 2.14.